The third kappa shape index (κ3) is 1.95. The monoisotopic (exact) mass is 267 g/mol. The first kappa shape index (κ1) is 12.9. The van der Waals surface area contributed by atoms with Crippen LogP contribution in [0.25, 0.3) is 0 Å². The van der Waals surface area contributed by atoms with E-state index in [1.165, 1.54) is 0 Å². The van der Waals surface area contributed by atoms with Gasteiger partial charge in [0.2, 0.25) is 5.91 Å². The minimum Gasteiger partial charge on any atom is -0.481 e. The highest BCUT2D eigenvalue weighted by Crippen LogP contribution is 2.50. The van der Waals surface area contributed by atoms with Gasteiger partial charge in [-0.3, -0.25) is 9.59 Å². The molecule has 19 heavy (non-hydrogen) atoms. The zero-order chi connectivity index (χ0) is 13.6. The van der Waals surface area contributed by atoms with Gasteiger partial charge in [-0.2, -0.15) is 0 Å². The number of ether oxygens (including phenoxy) is 1. The first-order chi connectivity index (χ1) is 9.05. The fraction of sp³-hybridized carbons (Fsp3) is 0.857. The van der Waals surface area contributed by atoms with Gasteiger partial charge in [0.25, 0.3) is 0 Å². The number of hydrogen-bond donors (Lipinski definition) is 2. The van der Waals surface area contributed by atoms with Crippen LogP contribution >= 0.6 is 0 Å². The van der Waals surface area contributed by atoms with Gasteiger partial charge >= 0.3 is 5.97 Å². The first-order valence-corrected chi connectivity index (χ1v) is 7.17. The van der Waals surface area contributed by atoms with E-state index >= 15 is 0 Å². The standard InChI is InChI=1S/C14H21NO4/c1-2-14(6-19-7-14)13(18)15-11-5-8-3-9(12(16)17)4-10(8)11/h8-11H,2-7H2,1H3,(H,15,18)(H,16,17)/t8-,9?,10-,11+/m0/s1. The summed E-state index contributed by atoms with van der Waals surface area (Å²) in [7, 11) is 0. The van der Waals surface area contributed by atoms with Crippen molar-refractivity contribution < 1.29 is 19.4 Å². The maximum atomic E-state index is 12.3. The molecule has 3 fully saturated rings. The third-order valence-electron chi connectivity index (χ3n) is 5.40. The average molecular weight is 267 g/mol. The minimum atomic E-state index is -0.683. The summed E-state index contributed by atoms with van der Waals surface area (Å²) in [5, 5.41) is 12.2. The van der Waals surface area contributed by atoms with Gasteiger partial charge in [0.05, 0.1) is 24.5 Å². The molecule has 1 aliphatic heterocycles. The summed E-state index contributed by atoms with van der Waals surface area (Å²) in [6.45, 7) is 3.06. The number of rotatable bonds is 4. The quantitative estimate of drug-likeness (QED) is 0.797. The van der Waals surface area contributed by atoms with Crippen molar-refractivity contribution in [1.29, 1.82) is 0 Å². The summed E-state index contributed by atoms with van der Waals surface area (Å²) < 4.78 is 5.18. The van der Waals surface area contributed by atoms with Gasteiger partial charge in [-0.15, -0.1) is 0 Å². The van der Waals surface area contributed by atoms with E-state index in [4.69, 9.17) is 9.84 Å². The van der Waals surface area contributed by atoms with E-state index in [-0.39, 0.29) is 23.3 Å². The number of carboxylic acid groups (broad SMARTS) is 1. The van der Waals surface area contributed by atoms with E-state index in [1.807, 2.05) is 6.92 Å². The van der Waals surface area contributed by atoms with Gasteiger partial charge in [-0.05, 0) is 37.5 Å². The molecule has 0 bridgehead atoms. The molecular weight excluding hydrogens is 246 g/mol. The molecule has 4 atom stereocenters. The summed E-state index contributed by atoms with van der Waals surface area (Å²) >= 11 is 0. The molecule has 0 aromatic heterocycles. The van der Waals surface area contributed by atoms with Gasteiger partial charge in [0.1, 0.15) is 0 Å². The Labute approximate surface area is 112 Å². The largest absolute Gasteiger partial charge is 0.481 e. The van der Waals surface area contributed by atoms with Crippen LogP contribution in [-0.2, 0) is 14.3 Å². The number of nitrogens with one attached hydrogen (secondary N) is 1. The van der Waals surface area contributed by atoms with E-state index in [2.05, 4.69) is 5.32 Å². The van der Waals surface area contributed by atoms with Crippen molar-refractivity contribution >= 4 is 11.9 Å². The maximum absolute atomic E-state index is 12.3. The van der Waals surface area contributed by atoms with Crippen LogP contribution in [-0.4, -0.2) is 36.2 Å². The lowest BCUT2D eigenvalue weighted by Gasteiger charge is -2.45. The van der Waals surface area contributed by atoms with E-state index in [0.29, 0.717) is 25.0 Å². The molecule has 3 rings (SSSR count). The number of carbonyl (C=O) groups is 2. The summed E-state index contributed by atoms with van der Waals surface area (Å²) in [5.41, 5.74) is -0.324. The van der Waals surface area contributed by atoms with Gasteiger partial charge in [-0.25, -0.2) is 0 Å². The summed E-state index contributed by atoms with van der Waals surface area (Å²) in [6.07, 6.45) is 3.26. The minimum absolute atomic E-state index is 0.100. The topological polar surface area (TPSA) is 75.6 Å². The van der Waals surface area contributed by atoms with Crippen LogP contribution in [0.3, 0.4) is 0 Å². The predicted octanol–water partition coefficient (Wildman–Crippen LogP) is 1.03. The number of carboxylic acids is 1. The summed E-state index contributed by atoms with van der Waals surface area (Å²) in [5.74, 6) is 0.0889. The Morgan fingerprint density at radius 1 is 1.32 bits per heavy atom. The molecular formula is C14H21NO4. The van der Waals surface area contributed by atoms with Crippen molar-refractivity contribution in [3.05, 3.63) is 0 Å². The van der Waals surface area contributed by atoms with Gasteiger partial charge in [0.15, 0.2) is 0 Å². The van der Waals surface area contributed by atoms with Crippen molar-refractivity contribution in [3.63, 3.8) is 0 Å². The second kappa shape index (κ2) is 4.47. The lowest BCUT2D eigenvalue weighted by Crippen LogP contribution is -2.59. The van der Waals surface area contributed by atoms with Crippen LogP contribution in [0.4, 0.5) is 0 Å². The number of carbonyl (C=O) groups excluding carboxylic acids is 1. The van der Waals surface area contributed by atoms with E-state index in [0.717, 1.165) is 25.7 Å². The number of amides is 1. The number of hydrogen-bond acceptors (Lipinski definition) is 3. The Bertz CT molecular complexity index is 399. The molecule has 0 radical (unpaired) electrons. The molecule has 0 aromatic carbocycles. The van der Waals surface area contributed by atoms with Crippen molar-refractivity contribution in [2.45, 2.75) is 38.6 Å². The average Bonchev–Trinajstić information content (AvgIpc) is 2.63. The zero-order valence-corrected chi connectivity index (χ0v) is 11.2. The smallest absolute Gasteiger partial charge is 0.306 e. The highest BCUT2D eigenvalue weighted by Gasteiger charge is 2.52. The van der Waals surface area contributed by atoms with Gasteiger partial charge in [-0.1, -0.05) is 6.92 Å². The lowest BCUT2D eigenvalue weighted by atomic mass is 9.70. The molecule has 1 saturated heterocycles. The molecule has 5 heteroatoms. The van der Waals surface area contributed by atoms with Crippen LogP contribution in [0.1, 0.15) is 32.6 Å². The normalized spacial score (nSPS) is 38.8. The second-order valence-corrected chi connectivity index (χ2v) is 6.37. The second-order valence-electron chi connectivity index (χ2n) is 6.37. The van der Waals surface area contributed by atoms with Crippen molar-refractivity contribution in [1.82, 2.24) is 5.32 Å². The Morgan fingerprint density at radius 3 is 2.58 bits per heavy atom. The van der Waals surface area contributed by atoms with Gasteiger partial charge in [0, 0.05) is 6.04 Å². The Kier molecular flexibility index (Phi) is 3.04. The molecule has 2 saturated carbocycles. The molecule has 2 aliphatic carbocycles. The van der Waals surface area contributed by atoms with Crippen molar-refractivity contribution in [2.24, 2.45) is 23.2 Å². The van der Waals surface area contributed by atoms with Gasteiger partial charge < -0.3 is 15.2 Å². The molecule has 0 aromatic rings. The molecule has 0 spiro atoms. The van der Waals surface area contributed by atoms with E-state index in [9.17, 15) is 9.59 Å². The SMILES string of the molecule is CCC1(C(=O)N[C@@H]2C[C@@H]3CC(C(=O)O)C[C@@H]32)COC1. The molecule has 106 valence electrons. The predicted molar refractivity (Wildman–Crippen MR) is 67.4 cm³/mol. The fourth-order valence-corrected chi connectivity index (χ4v) is 3.76. The fourth-order valence-electron chi connectivity index (χ4n) is 3.76. The van der Waals surface area contributed by atoms with Crippen molar-refractivity contribution in [3.8, 4) is 0 Å². The van der Waals surface area contributed by atoms with E-state index < -0.39 is 5.97 Å². The van der Waals surface area contributed by atoms with Crippen LogP contribution in [0.5, 0.6) is 0 Å². The molecule has 3 aliphatic rings. The molecule has 1 heterocycles. The maximum Gasteiger partial charge on any atom is 0.306 e. The molecule has 5 nitrogen and oxygen atoms in total. The number of aliphatic carboxylic acids is 1. The van der Waals surface area contributed by atoms with Crippen LogP contribution in [0.15, 0.2) is 0 Å². The van der Waals surface area contributed by atoms with Crippen LogP contribution in [0, 0.1) is 23.2 Å². The first-order valence-electron chi connectivity index (χ1n) is 7.17. The highest BCUT2D eigenvalue weighted by molar-refractivity contribution is 5.84. The Morgan fingerprint density at radius 2 is 2.05 bits per heavy atom. The van der Waals surface area contributed by atoms with Crippen LogP contribution in [0.2, 0.25) is 0 Å². The van der Waals surface area contributed by atoms with E-state index in [1.54, 1.807) is 0 Å². The Hall–Kier alpha value is -1.10. The summed E-state index contributed by atoms with van der Waals surface area (Å²) in [4.78, 5) is 23.3. The highest BCUT2D eigenvalue weighted by atomic mass is 16.5. The van der Waals surface area contributed by atoms with Crippen molar-refractivity contribution in [2.75, 3.05) is 13.2 Å². The lowest BCUT2D eigenvalue weighted by molar-refractivity contribution is -0.164. The molecule has 2 N–H and O–H groups in total. The molecule has 1 amide bonds. The third-order valence-corrected chi connectivity index (χ3v) is 5.40. The zero-order valence-electron chi connectivity index (χ0n) is 11.2. The molecule has 1 unspecified atom stereocenters. The number of fused-ring (bicyclic) bond motifs is 1. The Balaban J connectivity index is 1.56. The summed E-state index contributed by atoms with van der Waals surface area (Å²) in [6, 6.07) is 0.186. The van der Waals surface area contributed by atoms with Crippen LogP contribution < -0.4 is 5.32 Å².